The Bertz CT molecular complexity index is 256. The molecule has 0 amide bonds. The summed E-state index contributed by atoms with van der Waals surface area (Å²) < 4.78 is 7.42. The van der Waals surface area contributed by atoms with Crippen LogP contribution in [0.2, 0.25) is 0 Å². The molecule has 0 aliphatic carbocycles. The molecule has 0 saturated carbocycles. The van der Waals surface area contributed by atoms with Gasteiger partial charge in [0.05, 0.1) is 12.7 Å². The second kappa shape index (κ2) is 5.83. The van der Waals surface area contributed by atoms with Crippen LogP contribution in [0.25, 0.3) is 0 Å². The topological polar surface area (TPSA) is 34.4 Å². The summed E-state index contributed by atoms with van der Waals surface area (Å²) in [5.41, 5.74) is 0.949. The summed E-state index contributed by atoms with van der Waals surface area (Å²) in [5, 5.41) is 9.43. The zero-order valence-corrected chi connectivity index (χ0v) is 8.94. The molecule has 3 nitrogen and oxygen atoms in total. The molecule has 0 saturated heterocycles. The van der Waals surface area contributed by atoms with E-state index in [1.54, 1.807) is 6.92 Å². The Morgan fingerprint density at radius 3 is 2.93 bits per heavy atom. The molecule has 0 radical (unpaired) electrons. The van der Waals surface area contributed by atoms with Gasteiger partial charge in [0.25, 0.3) is 0 Å². The highest BCUT2D eigenvalue weighted by atomic mass is 16.5. The van der Waals surface area contributed by atoms with E-state index < -0.39 is 6.10 Å². The first-order chi connectivity index (χ1) is 6.75. The van der Waals surface area contributed by atoms with Crippen molar-refractivity contribution in [3.05, 3.63) is 24.0 Å². The second-order valence-electron chi connectivity index (χ2n) is 3.41. The number of nitrogens with zero attached hydrogens (tertiary/aromatic N) is 1. The van der Waals surface area contributed by atoms with Crippen LogP contribution in [0, 0.1) is 0 Å². The van der Waals surface area contributed by atoms with Gasteiger partial charge >= 0.3 is 0 Å². The van der Waals surface area contributed by atoms with Crippen LogP contribution in [-0.4, -0.2) is 22.9 Å². The third-order valence-electron chi connectivity index (χ3n) is 2.12. The van der Waals surface area contributed by atoms with Crippen molar-refractivity contribution in [3.63, 3.8) is 0 Å². The highest BCUT2D eigenvalue weighted by Gasteiger charge is 2.05. The molecule has 0 aromatic carbocycles. The summed E-state index contributed by atoms with van der Waals surface area (Å²) in [6.45, 7) is 6.20. The van der Waals surface area contributed by atoms with Crippen molar-refractivity contribution in [1.82, 2.24) is 4.57 Å². The van der Waals surface area contributed by atoms with E-state index in [-0.39, 0.29) is 0 Å². The predicted molar refractivity (Wildman–Crippen MR) is 56.2 cm³/mol. The van der Waals surface area contributed by atoms with Crippen LogP contribution < -0.4 is 0 Å². The van der Waals surface area contributed by atoms with E-state index in [1.807, 2.05) is 22.9 Å². The molecule has 1 N–H and O–H groups in total. The van der Waals surface area contributed by atoms with E-state index in [9.17, 15) is 5.11 Å². The van der Waals surface area contributed by atoms with Crippen molar-refractivity contribution in [3.8, 4) is 0 Å². The molecular weight excluding hydrogens is 178 g/mol. The van der Waals surface area contributed by atoms with Gasteiger partial charge in [-0.1, -0.05) is 6.92 Å². The molecule has 80 valence electrons. The highest BCUT2D eigenvalue weighted by Crippen LogP contribution is 2.12. The van der Waals surface area contributed by atoms with Gasteiger partial charge in [0, 0.05) is 25.0 Å². The second-order valence-corrected chi connectivity index (χ2v) is 3.41. The smallest absolute Gasteiger partial charge is 0.0911 e. The molecular formula is C11H19NO2. The molecule has 3 heteroatoms. The SMILES string of the molecule is CCCOCCn1cccc1C(C)O. The summed E-state index contributed by atoms with van der Waals surface area (Å²) in [5.74, 6) is 0. The normalized spacial score (nSPS) is 13.1. The lowest BCUT2D eigenvalue weighted by Gasteiger charge is -2.11. The summed E-state index contributed by atoms with van der Waals surface area (Å²) in [6, 6.07) is 3.88. The highest BCUT2D eigenvalue weighted by molar-refractivity contribution is 5.09. The van der Waals surface area contributed by atoms with E-state index in [4.69, 9.17) is 4.74 Å². The van der Waals surface area contributed by atoms with Gasteiger partial charge in [-0.3, -0.25) is 0 Å². The molecule has 0 spiro atoms. The van der Waals surface area contributed by atoms with E-state index >= 15 is 0 Å². The quantitative estimate of drug-likeness (QED) is 0.707. The van der Waals surface area contributed by atoms with Gasteiger partial charge in [-0.15, -0.1) is 0 Å². The monoisotopic (exact) mass is 197 g/mol. The molecule has 1 atom stereocenters. The maximum atomic E-state index is 9.43. The van der Waals surface area contributed by atoms with Crippen molar-refractivity contribution in [2.45, 2.75) is 32.9 Å². The molecule has 0 bridgehead atoms. The maximum absolute atomic E-state index is 9.43. The summed E-state index contributed by atoms with van der Waals surface area (Å²) in [7, 11) is 0. The van der Waals surface area contributed by atoms with E-state index in [0.717, 1.165) is 25.3 Å². The minimum Gasteiger partial charge on any atom is -0.387 e. The van der Waals surface area contributed by atoms with E-state index in [0.29, 0.717) is 6.61 Å². The number of aromatic nitrogens is 1. The Balaban J connectivity index is 2.38. The number of ether oxygens (including phenoxy) is 1. The molecule has 0 fully saturated rings. The maximum Gasteiger partial charge on any atom is 0.0911 e. The fourth-order valence-electron chi connectivity index (χ4n) is 1.42. The summed E-state index contributed by atoms with van der Waals surface area (Å²) in [4.78, 5) is 0. The Hall–Kier alpha value is -0.800. The molecule has 1 heterocycles. The van der Waals surface area contributed by atoms with Gasteiger partial charge in [0.2, 0.25) is 0 Å². The van der Waals surface area contributed by atoms with Crippen LogP contribution in [0.4, 0.5) is 0 Å². The average Bonchev–Trinajstić information content (AvgIpc) is 2.60. The van der Waals surface area contributed by atoms with Crippen molar-refractivity contribution in [2.24, 2.45) is 0 Å². The Morgan fingerprint density at radius 2 is 2.29 bits per heavy atom. The van der Waals surface area contributed by atoms with Gasteiger partial charge in [0.1, 0.15) is 0 Å². The molecule has 1 aromatic heterocycles. The fourth-order valence-corrected chi connectivity index (χ4v) is 1.42. The van der Waals surface area contributed by atoms with Crippen molar-refractivity contribution in [1.29, 1.82) is 0 Å². The number of aliphatic hydroxyl groups excluding tert-OH is 1. The van der Waals surface area contributed by atoms with Crippen molar-refractivity contribution >= 4 is 0 Å². The lowest BCUT2D eigenvalue weighted by molar-refractivity contribution is 0.123. The van der Waals surface area contributed by atoms with Gasteiger partial charge in [-0.2, -0.15) is 0 Å². The van der Waals surface area contributed by atoms with Crippen molar-refractivity contribution in [2.75, 3.05) is 13.2 Å². The summed E-state index contributed by atoms with van der Waals surface area (Å²) in [6.07, 6.45) is 2.61. The summed E-state index contributed by atoms with van der Waals surface area (Å²) >= 11 is 0. The zero-order chi connectivity index (χ0) is 10.4. The third-order valence-corrected chi connectivity index (χ3v) is 2.12. The minimum atomic E-state index is -0.406. The zero-order valence-electron chi connectivity index (χ0n) is 8.94. The number of hydrogen-bond acceptors (Lipinski definition) is 2. The molecule has 1 aromatic rings. The standard InChI is InChI=1S/C11H19NO2/c1-3-8-14-9-7-12-6-4-5-11(12)10(2)13/h4-6,10,13H,3,7-9H2,1-2H3. The molecule has 1 rings (SSSR count). The number of rotatable bonds is 6. The Labute approximate surface area is 85.3 Å². The lowest BCUT2D eigenvalue weighted by atomic mass is 10.3. The number of hydrogen-bond donors (Lipinski definition) is 1. The predicted octanol–water partition coefficient (Wildman–Crippen LogP) is 1.97. The first-order valence-electron chi connectivity index (χ1n) is 5.16. The van der Waals surface area contributed by atoms with Crippen LogP contribution >= 0.6 is 0 Å². The molecule has 0 aliphatic rings. The average molecular weight is 197 g/mol. The van der Waals surface area contributed by atoms with Crippen LogP contribution in [0.3, 0.4) is 0 Å². The molecule has 0 aliphatic heterocycles. The Kier molecular flexibility index (Phi) is 4.70. The largest absolute Gasteiger partial charge is 0.387 e. The Morgan fingerprint density at radius 1 is 1.50 bits per heavy atom. The minimum absolute atomic E-state index is 0.406. The molecule has 14 heavy (non-hydrogen) atoms. The van der Waals surface area contributed by atoms with E-state index in [1.165, 1.54) is 0 Å². The van der Waals surface area contributed by atoms with Crippen LogP contribution in [-0.2, 0) is 11.3 Å². The van der Waals surface area contributed by atoms with Crippen molar-refractivity contribution < 1.29 is 9.84 Å². The van der Waals surface area contributed by atoms with Crippen LogP contribution in [0.1, 0.15) is 32.1 Å². The molecule has 1 unspecified atom stereocenters. The first-order valence-corrected chi connectivity index (χ1v) is 5.16. The van der Waals surface area contributed by atoms with Gasteiger partial charge < -0.3 is 14.4 Å². The lowest BCUT2D eigenvalue weighted by Crippen LogP contribution is -2.10. The fraction of sp³-hybridized carbons (Fsp3) is 0.636. The number of aliphatic hydroxyl groups is 1. The van der Waals surface area contributed by atoms with E-state index in [2.05, 4.69) is 6.92 Å². The van der Waals surface area contributed by atoms with Crippen LogP contribution in [0.5, 0.6) is 0 Å². The van der Waals surface area contributed by atoms with Crippen LogP contribution in [0.15, 0.2) is 18.3 Å². The van der Waals surface area contributed by atoms with Gasteiger partial charge in [0.15, 0.2) is 0 Å². The van der Waals surface area contributed by atoms with Gasteiger partial charge in [-0.25, -0.2) is 0 Å². The first kappa shape index (κ1) is 11.3. The third kappa shape index (κ3) is 3.16. The van der Waals surface area contributed by atoms with Gasteiger partial charge in [-0.05, 0) is 25.5 Å².